The number of rotatable bonds is 7. The molecule has 2 heterocycles. The van der Waals surface area contributed by atoms with Crippen molar-refractivity contribution in [1.29, 1.82) is 0 Å². The molecule has 0 aliphatic carbocycles. The van der Waals surface area contributed by atoms with Crippen molar-refractivity contribution in [1.82, 2.24) is 9.97 Å². The number of ether oxygens (including phenoxy) is 2. The Morgan fingerprint density at radius 1 is 0.938 bits per heavy atom. The lowest BCUT2D eigenvalue weighted by atomic mass is 10.1. The summed E-state index contributed by atoms with van der Waals surface area (Å²) in [7, 11) is 0. The zero-order valence-corrected chi connectivity index (χ0v) is 17.4. The van der Waals surface area contributed by atoms with Crippen LogP contribution >= 0.6 is 0 Å². The maximum atomic E-state index is 12.8. The summed E-state index contributed by atoms with van der Waals surface area (Å²) < 4.78 is 10.7. The fraction of sp³-hybridized carbons (Fsp3) is 0.120. The molecule has 4 aromatic rings. The smallest absolute Gasteiger partial charge is 0.339 e. The van der Waals surface area contributed by atoms with E-state index in [2.05, 4.69) is 15.3 Å². The molecule has 0 unspecified atom stereocenters. The Labute approximate surface area is 185 Å². The number of aromatic nitrogens is 2. The first-order valence-electron chi connectivity index (χ1n) is 10.1. The highest BCUT2D eigenvalue weighted by atomic mass is 16.5. The lowest BCUT2D eigenvalue weighted by Crippen LogP contribution is -2.21. The molecule has 0 fully saturated rings. The fourth-order valence-corrected chi connectivity index (χ4v) is 3.20. The number of fused-ring (bicyclic) bond motifs is 1. The minimum Gasteiger partial charge on any atom is -0.494 e. The highest BCUT2D eigenvalue weighted by molar-refractivity contribution is 6.05. The first kappa shape index (κ1) is 21.0. The summed E-state index contributed by atoms with van der Waals surface area (Å²) in [6.07, 6.45) is 1.66. The Kier molecular flexibility index (Phi) is 6.36. The van der Waals surface area contributed by atoms with Crippen molar-refractivity contribution >= 4 is 28.5 Å². The molecule has 0 radical (unpaired) electrons. The van der Waals surface area contributed by atoms with Gasteiger partial charge in [0.1, 0.15) is 5.75 Å². The molecular formula is C25H21N3O4. The van der Waals surface area contributed by atoms with Crippen molar-refractivity contribution in [3.63, 3.8) is 0 Å². The zero-order valence-electron chi connectivity index (χ0n) is 17.4. The number of nitrogens with one attached hydrogen (secondary N) is 1. The summed E-state index contributed by atoms with van der Waals surface area (Å²) in [6.45, 7) is 2.05. The number of nitrogens with zero attached hydrogens (tertiary/aromatic N) is 2. The minimum atomic E-state index is -0.609. The Morgan fingerprint density at radius 3 is 2.47 bits per heavy atom. The molecule has 0 saturated heterocycles. The van der Waals surface area contributed by atoms with Crippen LogP contribution in [-0.2, 0) is 9.53 Å². The lowest BCUT2D eigenvalue weighted by molar-refractivity contribution is -0.119. The molecule has 7 nitrogen and oxygen atoms in total. The highest BCUT2D eigenvalue weighted by Gasteiger charge is 2.17. The van der Waals surface area contributed by atoms with Crippen LogP contribution in [-0.4, -0.2) is 35.1 Å². The normalized spacial score (nSPS) is 10.5. The third-order valence-corrected chi connectivity index (χ3v) is 4.65. The van der Waals surface area contributed by atoms with Gasteiger partial charge in [0, 0.05) is 17.3 Å². The maximum absolute atomic E-state index is 12.8. The Balaban J connectivity index is 1.49. The number of hydrogen-bond donors (Lipinski definition) is 1. The summed E-state index contributed by atoms with van der Waals surface area (Å²) in [6, 6.07) is 21.3. The molecule has 7 heteroatoms. The summed E-state index contributed by atoms with van der Waals surface area (Å²) in [4.78, 5) is 34.0. The third-order valence-electron chi connectivity index (χ3n) is 4.65. The molecule has 2 aromatic carbocycles. The van der Waals surface area contributed by atoms with E-state index < -0.39 is 18.5 Å². The van der Waals surface area contributed by atoms with Gasteiger partial charge in [0.15, 0.2) is 6.61 Å². The number of benzene rings is 2. The Bertz CT molecular complexity index is 1240. The first-order chi connectivity index (χ1) is 15.6. The molecular weight excluding hydrogens is 406 g/mol. The number of amides is 1. The number of para-hydroxylation sites is 1. The van der Waals surface area contributed by atoms with Crippen LogP contribution in [0.15, 0.2) is 79.0 Å². The average molecular weight is 427 g/mol. The predicted molar refractivity (Wildman–Crippen MR) is 121 cm³/mol. The van der Waals surface area contributed by atoms with Crippen LogP contribution < -0.4 is 10.1 Å². The van der Waals surface area contributed by atoms with E-state index in [4.69, 9.17) is 9.47 Å². The second-order valence-electron chi connectivity index (χ2n) is 6.87. The van der Waals surface area contributed by atoms with Gasteiger partial charge in [-0.1, -0.05) is 24.3 Å². The van der Waals surface area contributed by atoms with Gasteiger partial charge in [-0.2, -0.15) is 0 Å². The van der Waals surface area contributed by atoms with E-state index in [0.29, 0.717) is 45.9 Å². The molecule has 160 valence electrons. The van der Waals surface area contributed by atoms with Crippen LogP contribution in [0.4, 0.5) is 5.69 Å². The van der Waals surface area contributed by atoms with Gasteiger partial charge in [-0.3, -0.25) is 9.78 Å². The average Bonchev–Trinajstić information content (AvgIpc) is 2.84. The number of carbonyl (C=O) groups is 2. The minimum absolute atomic E-state index is 0.324. The van der Waals surface area contributed by atoms with Gasteiger partial charge in [0.25, 0.3) is 5.91 Å². The first-order valence-corrected chi connectivity index (χ1v) is 10.1. The monoisotopic (exact) mass is 427 g/mol. The molecule has 0 saturated carbocycles. The number of carbonyl (C=O) groups excluding carboxylic acids is 2. The van der Waals surface area contributed by atoms with Gasteiger partial charge in [-0.05, 0) is 55.5 Å². The van der Waals surface area contributed by atoms with Crippen molar-refractivity contribution < 1.29 is 19.1 Å². The topological polar surface area (TPSA) is 90.4 Å². The van der Waals surface area contributed by atoms with Crippen molar-refractivity contribution in [3.8, 4) is 17.1 Å². The van der Waals surface area contributed by atoms with E-state index in [9.17, 15) is 9.59 Å². The van der Waals surface area contributed by atoms with Gasteiger partial charge < -0.3 is 14.8 Å². The number of anilines is 1. The van der Waals surface area contributed by atoms with Crippen molar-refractivity contribution in [2.24, 2.45) is 0 Å². The molecule has 0 aliphatic heterocycles. The number of esters is 1. The summed E-state index contributed by atoms with van der Waals surface area (Å²) in [5, 5.41) is 3.34. The molecule has 1 amide bonds. The Morgan fingerprint density at radius 2 is 1.72 bits per heavy atom. The van der Waals surface area contributed by atoms with Crippen LogP contribution in [0.2, 0.25) is 0 Å². The van der Waals surface area contributed by atoms with E-state index >= 15 is 0 Å². The standard InChI is InChI=1S/C25H21N3O4/c1-2-31-18-12-10-17(11-13-18)27-24(29)16-32-25(30)20-15-23(22-9-5-6-14-26-22)28-21-8-4-3-7-19(20)21/h3-15H,2,16H2,1H3,(H,27,29). The summed E-state index contributed by atoms with van der Waals surface area (Å²) in [5.74, 6) is -0.335. The van der Waals surface area contributed by atoms with Crippen molar-refractivity contribution in [2.45, 2.75) is 6.92 Å². The van der Waals surface area contributed by atoms with Crippen LogP contribution in [0.25, 0.3) is 22.3 Å². The molecule has 2 aromatic heterocycles. The molecule has 0 atom stereocenters. The van der Waals surface area contributed by atoms with Crippen LogP contribution in [0.5, 0.6) is 5.75 Å². The van der Waals surface area contributed by atoms with Gasteiger partial charge >= 0.3 is 5.97 Å². The van der Waals surface area contributed by atoms with Gasteiger partial charge in [0.2, 0.25) is 0 Å². The van der Waals surface area contributed by atoms with E-state index in [1.165, 1.54) is 0 Å². The largest absolute Gasteiger partial charge is 0.494 e. The molecule has 1 N–H and O–H groups in total. The molecule has 0 bridgehead atoms. The van der Waals surface area contributed by atoms with Gasteiger partial charge in [-0.25, -0.2) is 9.78 Å². The highest BCUT2D eigenvalue weighted by Crippen LogP contribution is 2.24. The molecule has 4 rings (SSSR count). The predicted octanol–water partition coefficient (Wildman–Crippen LogP) is 4.49. The van der Waals surface area contributed by atoms with E-state index in [1.807, 2.05) is 43.3 Å². The maximum Gasteiger partial charge on any atom is 0.339 e. The zero-order chi connectivity index (χ0) is 22.3. The second kappa shape index (κ2) is 9.70. The molecule has 32 heavy (non-hydrogen) atoms. The summed E-state index contributed by atoms with van der Waals surface area (Å²) >= 11 is 0. The molecule has 0 spiro atoms. The second-order valence-corrected chi connectivity index (χ2v) is 6.87. The van der Waals surface area contributed by atoms with E-state index in [1.54, 1.807) is 42.6 Å². The number of hydrogen-bond acceptors (Lipinski definition) is 6. The lowest BCUT2D eigenvalue weighted by Gasteiger charge is -2.10. The third kappa shape index (κ3) is 4.89. The Hall–Kier alpha value is -4.26. The van der Waals surface area contributed by atoms with Crippen LogP contribution in [0.3, 0.4) is 0 Å². The van der Waals surface area contributed by atoms with Crippen LogP contribution in [0.1, 0.15) is 17.3 Å². The fourth-order valence-electron chi connectivity index (χ4n) is 3.20. The SMILES string of the molecule is CCOc1ccc(NC(=O)COC(=O)c2cc(-c3ccccn3)nc3ccccc23)cc1. The number of pyridine rings is 2. The van der Waals surface area contributed by atoms with Crippen molar-refractivity contribution in [2.75, 3.05) is 18.5 Å². The summed E-state index contributed by atoms with van der Waals surface area (Å²) in [5.41, 5.74) is 2.74. The van der Waals surface area contributed by atoms with Crippen molar-refractivity contribution in [3.05, 3.63) is 84.6 Å². The van der Waals surface area contributed by atoms with E-state index in [0.717, 1.165) is 0 Å². The van der Waals surface area contributed by atoms with Crippen LogP contribution in [0, 0.1) is 0 Å². The quantitative estimate of drug-likeness (QED) is 0.437. The van der Waals surface area contributed by atoms with Gasteiger partial charge in [-0.15, -0.1) is 0 Å². The van der Waals surface area contributed by atoms with E-state index in [-0.39, 0.29) is 0 Å². The molecule has 0 aliphatic rings. The van der Waals surface area contributed by atoms with Gasteiger partial charge in [0.05, 0.1) is 29.1 Å².